The molecule has 1 aliphatic heterocycles. The first-order valence-corrected chi connectivity index (χ1v) is 9.36. The van der Waals surface area contributed by atoms with E-state index in [1.54, 1.807) is 0 Å². The number of fused-ring (bicyclic) bond motifs is 1. The number of aliphatic hydroxyl groups excluding tert-OH is 1. The molecular formula is C19H25N3O3S. The summed E-state index contributed by atoms with van der Waals surface area (Å²) in [6, 6.07) is 7.82. The lowest BCUT2D eigenvalue weighted by molar-refractivity contribution is 0.113. The Morgan fingerprint density at radius 2 is 2.35 bits per heavy atom. The van der Waals surface area contributed by atoms with Crippen molar-refractivity contribution in [2.45, 2.75) is 32.4 Å². The van der Waals surface area contributed by atoms with Gasteiger partial charge in [0.25, 0.3) is 5.56 Å². The van der Waals surface area contributed by atoms with E-state index in [0.29, 0.717) is 30.3 Å². The summed E-state index contributed by atoms with van der Waals surface area (Å²) in [6.45, 7) is 4.09. The van der Waals surface area contributed by atoms with Crippen molar-refractivity contribution in [3.63, 3.8) is 0 Å². The summed E-state index contributed by atoms with van der Waals surface area (Å²) in [5.41, 5.74) is 2.38. The number of pyridine rings is 1. The minimum atomic E-state index is -0.128. The summed E-state index contributed by atoms with van der Waals surface area (Å²) in [6.07, 6.45) is 2.28. The van der Waals surface area contributed by atoms with Gasteiger partial charge in [-0.3, -0.25) is 4.79 Å². The predicted octanol–water partition coefficient (Wildman–Crippen LogP) is 1.68. The molecule has 140 valence electrons. The third-order valence-corrected chi connectivity index (χ3v) is 5.09. The summed E-state index contributed by atoms with van der Waals surface area (Å²) in [7, 11) is 0. The fourth-order valence-electron chi connectivity index (χ4n) is 3.24. The summed E-state index contributed by atoms with van der Waals surface area (Å²) < 4.78 is 5.59. The number of aromatic nitrogens is 1. The molecule has 0 aliphatic carbocycles. The molecule has 3 rings (SSSR count). The van der Waals surface area contributed by atoms with E-state index in [1.807, 2.05) is 36.1 Å². The van der Waals surface area contributed by atoms with Crippen LogP contribution in [-0.2, 0) is 11.3 Å². The van der Waals surface area contributed by atoms with Crippen molar-refractivity contribution in [1.29, 1.82) is 0 Å². The van der Waals surface area contributed by atoms with E-state index < -0.39 is 0 Å². The Bertz CT molecular complexity index is 830. The van der Waals surface area contributed by atoms with Crippen LogP contribution in [0.4, 0.5) is 0 Å². The quantitative estimate of drug-likeness (QED) is 0.667. The van der Waals surface area contributed by atoms with E-state index in [1.165, 1.54) is 0 Å². The molecule has 0 radical (unpaired) electrons. The lowest BCUT2D eigenvalue weighted by Gasteiger charge is -2.26. The van der Waals surface area contributed by atoms with Crippen molar-refractivity contribution in [3.8, 4) is 0 Å². The molecule has 1 fully saturated rings. The van der Waals surface area contributed by atoms with E-state index in [2.05, 4.69) is 10.3 Å². The molecular weight excluding hydrogens is 350 g/mol. The molecule has 7 heteroatoms. The molecule has 1 aromatic carbocycles. The Kier molecular flexibility index (Phi) is 6.24. The van der Waals surface area contributed by atoms with Crippen LogP contribution in [0.3, 0.4) is 0 Å². The van der Waals surface area contributed by atoms with Gasteiger partial charge >= 0.3 is 0 Å². The Balaban J connectivity index is 1.74. The van der Waals surface area contributed by atoms with E-state index in [-0.39, 0.29) is 18.3 Å². The Morgan fingerprint density at radius 1 is 1.50 bits per heavy atom. The van der Waals surface area contributed by atoms with E-state index in [0.717, 1.165) is 35.9 Å². The van der Waals surface area contributed by atoms with Gasteiger partial charge in [0.2, 0.25) is 0 Å². The Labute approximate surface area is 158 Å². The highest BCUT2D eigenvalue weighted by Crippen LogP contribution is 2.16. The van der Waals surface area contributed by atoms with Gasteiger partial charge in [0.1, 0.15) is 0 Å². The number of rotatable bonds is 6. The molecule has 1 aliphatic rings. The highest BCUT2D eigenvalue weighted by molar-refractivity contribution is 7.80. The third kappa shape index (κ3) is 4.41. The SMILES string of the molecule is Cc1cccc2cc(CN(CCO)C(=S)NCC3CCCO3)c(=O)[nH]c12. The van der Waals surface area contributed by atoms with Gasteiger partial charge in [-0.2, -0.15) is 0 Å². The standard InChI is InChI=1S/C19H25N3O3S/c1-13-4-2-5-14-10-15(18(24)21-17(13)14)12-22(7-8-23)19(26)20-11-16-6-3-9-25-16/h2,4-5,10,16,23H,3,6-9,11-12H2,1H3,(H,20,26)(H,21,24). The monoisotopic (exact) mass is 375 g/mol. The lowest BCUT2D eigenvalue weighted by atomic mass is 10.1. The van der Waals surface area contributed by atoms with Crippen LogP contribution in [-0.4, -0.2) is 52.5 Å². The molecule has 0 saturated carbocycles. The van der Waals surface area contributed by atoms with Crippen LogP contribution in [0.2, 0.25) is 0 Å². The smallest absolute Gasteiger partial charge is 0.253 e. The topological polar surface area (TPSA) is 77.6 Å². The van der Waals surface area contributed by atoms with Crippen LogP contribution in [0, 0.1) is 6.92 Å². The Morgan fingerprint density at radius 3 is 3.08 bits per heavy atom. The molecule has 3 N–H and O–H groups in total. The zero-order valence-corrected chi connectivity index (χ0v) is 15.8. The second-order valence-corrected chi connectivity index (χ2v) is 7.02. The molecule has 2 aromatic rings. The largest absolute Gasteiger partial charge is 0.395 e. The van der Waals surface area contributed by atoms with Crippen LogP contribution < -0.4 is 10.9 Å². The van der Waals surface area contributed by atoms with Crippen molar-refractivity contribution in [3.05, 3.63) is 45.7 Å². The average Bonchev–Trinajstić information content (AvgIpc) is 3.14. The van der Waals surface area contributed by atoms with Crippen LogP contribution in [0.25, 0.3) is 10.9 Å². The summed E-state index contributed by atoms with van der Waals surface area (Å²) >= 11 is 5.47. The number of aromatic amines is 1. The fraction of sp³-hybridized carbons (Fsp3) is 0.474. The molecule has 2 heterocycles. The highest BCUT2D eigenvalue weighted by atomic mass is 32.1. The number of nitrogens with one attached hydrogen (secondary N) is 2. The highest BCUT2D eigenvalue weighted by Gasteiger charge is 2.18. The second kappa shape index (κ2) is 8.62. The van der Waals surface area contributed by atoms with Crippen molar-refractivity contribution < 1.29 is 9.84 Å². The van der Waals surface area contributed by atoms with Gasteiger partial charge in [-0.05, 0) is 49.0 Å². The van der Waals surface area contributed by atoms with Crippen molar-refractivity contribution in [1.82, 2.24) is 15.2 Å². The third-order valence-electron chi connectivity index (χ3n) is 4.69. The molecule has 6 nitrogen and oxygen atoms in total. The zero-order chi connectivity index (χ0) is 18.5. The average molecular weight is 375 g/mol. The van der Waals surface area contributed by atoms with E-state index in [9.17, 15) is 9.90 Å². The second-order valence-electron chi connectivity index (χ2n) is 6.63. The van der Waals surface area contributed by atoms with Crippen molar-refractivity contribution in [2.75, 3.05) is 26.3 Å². The minimum Gasteiger partial charge on any atom is -0.395 e. The van der Waals surface area contributed by atoms with Crippen molar-refractivity contribution >= 4 is 28.2 Å². The van der Waals surface area contributed by atoms with Crippen LogP contribution in [0.1, 0.15) is 24.0 Å². The molecule has 1 aromatic heterocycles. The molecule has 1 unspecified atom stereocenters. The van der Waals surface area contributed by atoms with Gasteiger partial charge in [-0.1, -0.05) is 18.2 Å². The fourth-order valence-corrected chi connectivity index (χ4v) is 3.48. The summed E-state index contributed by atoms with van der Waals surface area (Å²) in [5.74, 6) is 0. The Hall–Kier alpha value is -1.96. The van der Waals surface area contributed by atoms with Gasteiger partial charge < -0.3 is 25.0 Å². The number of hydrogen-bond donors (Lipinski definition) is 3. The number of aliphatic hydroxyl groups is 1. The molecule has 0 bridgehead atoms. The van der Waals surface area contributed by atoms with Gasteiger partial charge in [0.15, 0.2) is 5.11 Å². The number of aryl methyl sites for hydroxylation is 1. The zero-order valence-electron chi connectivity index (χ0n) is 15.0. The molecule has 0 amide bonds. The molecule has 26 heavy (non-hydrogen) atoms. The maximum Gasteiger partial charge on any atom is 0.253 e. The normalized spacial score (nSPS) is 16.8. The number of para-hydroxylation sites is 1. The first kappa shape index (κ1) is 18.8. The number of benzene rings is 1. The number of hydrogen-bond acceptors (Lipinski definition) is 4. The molecule has 0 spiro atoms. The first-order chi connectivity index (χ1) is 12.6. The van der Waals surface area contributed by atoms with Gasteiger partial charge in [-0.25, -0.2) is 0 Å². The number of H-pyrrole nitrogens is 1. The van der Waals surface area contributed by atoms with Crippen LogP contribution in [0.15, 0.2) is 29.1 Å². The predicted molar refractivity (Wildman–Crippen MR) is 106 cm³/mol. The number of ether oxygens (including phenoxy) is 1. The van der Waals surface area contributed by atoms with E-state index in [4.69, 9.17) is 17.0 Å². The first-order valence-electron chi connectivity index (χ1n) is 8.95. The molecule has 1 saturated heterocycles. The van der Waals surface area contributed by atoms with Gasteiger partial charge in [0, 0.05) is 25.3 Å². The number of nitrogens with zero attached hydrogens (tertiary/aromatic N) is 1. The van der Waals surface area contributed by atoms with E-state index >= 15 is 0 Å². The lowest BCUT2D eigenvalue weighted by Crippen LogP contribution is -2.44. The number of thiocarbonyl (C=S) groups is 1. The molecule has 1 atom stereocenters. The maximum atomic E-state index is 12.5. The van der Waals surface area contributed by atoms with Crippen LogP contribution >= 0.6 is 12.2 Å². The maximum absolute atomic E-state index is 12.5. The summed E-state index contributed by atoms with van der Waals surface area (Å²) in [5, 5.41) is 14.1. The summed E-state index contributed by atoms with van der Waals surface area (Å²) in [4.78, 5) is 17.3. The van der Waals surface area contributed by atoms with Gasteiger partial charge in [0.05, 0.1) is 24.8 Å². The minimum absolute atomic E-state index is 0.0354. The van der Waals surface area contributed by atoms with Crippen molar-refractivity contribution in [2.24, 2.45) is 0 Å². The van der Waals surface area contributed by atoms with Crippen LogP contribution in [0.5, 0.6) is 0 Å². The van der Waals surface area contributed by atoms with Gasteiger partial charge in [-0.15, -0.1) is 0 Å².